The molecule has 0 aliphatic carbocycles. The minimum Gasteiger partial charge on any atom is -0.351 e. The number of para-hydroxylation sites is 3. The first-order chi connectivity index (χ1) is 10.3. The van der Waals surface area contributed by atoms with Crippen molar-refractivity contribution in [2.75, 3.05) is 35.0 Å². The van der Waals surface area contributed by atoms with Crippen LogP contribution in [0.3, 0.4) is 0 Å². The van der Waals surface area contributed by atoms with Gasteiger partial charge in [-0.15, -0.1) is 0 Å². The zero-order chi connectivity index (χ0) is 14.4. The van der Waals surface area contributed by atoms with Crippen LogP contribution in [0, 0.1) is 0 Å². The zero-order valence-corrected chi connectivity index (χ0v) is 11.9. The number of nitrogens with zero attached hydrogens (tertiary/aromatic N) is 3. The van der Waals surface area contributed by atoms with E-state index in [0.29, 0.717) is 0 Å². The Balaban J connectivity index is 1.73. The van der Waals surface area contributed by atoms with E-state index in [-0.39, 0.29) is 11.9 Å². The Bertz CT molecular complexity index is 685. The number of likely N-dealkylation sites (N-methyl/N-ethyl adjacent to an activating group) is 1. The summed E-state index contributed by atoms with van der Waals surface area (Å²) >= 11 is 0. The third-order valence-corrected chi connectivity index (χ3v) is 4.38. The molecular weight excluding hydrogens is 262 g/mol. The Labute approximate surface area is 124 Å². The second-order valence-corrected chi connectivity index (χ2v) is 5.57. The summed E-state index contributed by atoms with van der Waals surface area (Å²) in [6.45, 7) is 1.49. The average molecular weight is 279 g/mol. The van der Waals surface area contributed by atoms with Gasteiger partial charge in [0.15, 0.2) is 0 Å². The maximum Gasteiger partial charge on any atom is 0.251 e. The Morgan fingerprint density at radius 2 is 1.62 bits per heavy atom. The summed E-state index contributed by atoms with van der Waals surface area (Å²) < 4.78 is 0. The van der Waals surface area contributed by atoms with Crippen LogP contribution in [0.5, 0.6) is 0 Å². The molecular formula is C17H17N3O. The molecule has 0 radical (unpaired) electrons. The molecule has 4 heteroatoms. The van der Waals surface area contributed by atoms with Crippen molar-refractivity contribution in [3.63, 3.8) is 0 Å². The van der Waals surface area contributed by atoms with Crippen LogP contribution in [-0.2, 0) is 4.79 Å². The van der Waals surface area contributed by atoms with Gasteiger partial charge in [-0.25, -0.2) is 0 Å². The normalized spacial score (nSPS) is 20.5. The Morgan fingerprint density at radius 3 is 2.38 bits per heavy atom. The molecule has 0 saturated carbocycles. The summed E-state index contributed by atoms with van der Waals surface area (Å²) in [5, 5.41) is 0. The third kappa shape index (κ3) is 1.79. The fourth-order valence-electron chi connectivity index (χ4n) is 3.26. The van der Waals surface area contributed by atoms with Crippen molar-refractivity contribution in [3.05, 3.63) is 54.6 Å². The summed E-state index contributed by atoms with van der Waals surface area (Å²) in [6.07, 6.45) is 0. The van der Waals surface area contributed by atoms with E-state index in [1.807, 2.05) is 43.4 Å². The Kier molecular flexibility index (Phi) is 2.64. The van der Waals surface area contributed by atoms with E-state index in [1.54, 1.807) is 4.90 Å². The first kappa shape index (κ1) is 12.3. The van der Waals surface area contributed by atoms with E-state index in [0.717, 1.165) is 24.6 Å². The van der Waals surface area contributed by atoms with Gasteiger partial charge in [0.1, 0.15) is 6.04 Å². The number of fused-ring (bicyclic) bond motifs is 3. The molecule has 1 saturated heterocycles. The van der Waals surface area contributed by atoms with Gasteiger partial charge in [0, 0.05) is 19.3 Å². The highest BCUT2D eigenvalue weighted by Gasteiger charge is 2.42. The van der Waals surface area contributed by atoms with E-state index in [1.165, 1.54) is 5.69 Å². The summed E-state index contributed by atoms with van der Waals surface area (Å²) in [6, 6.07) is 18.3. The number of carbonyl (C=O) groups excluding carboxylic acids is 1. The molecule has 2 aliphatic rings. The third-order valence-electron chi connectivity index (χ3n) is 4.38. The molecule has 1 fully saturated rings. The van der Waals surface area contributed by atoms with Crippen LogP contribution < -0.4 is 14.7 Å². The Morgan fingerprint density at radius 1 is 0.952 bits per heavy atom. The van der Waals surface area contributed by atoms with E-state index in [4.69, 9.17) is 0 Å². The van der Waals surface area contributed by atoms with Crippen molar-refractivity contribution in [3.8, 4) is 0 Å². The molecule has 2 aliphatic heterocycles. The number of amides is 1. The number of hydrogen-bond donors (Lipinski definition) is 0. The molecule has 0 bridgehead atoms. The van der Waals surface area contributed by atoms with Gasteiger partial charge in [-0.05, 0) is 24.3 Å². The zero-order valence-electron chi connectivity index (χ0n) is 11.9. The van der Waals surface area contributed by atoms with Crippen LogP contribution in [0.1, 0.15) is 0 Å². The quantitative estimate of drug-likeness (QED) is 0.801. The van der Waals surface area contributed by atoms with Gasteiger partial charge < -0.3 is 14.7 Å². The monoisotopic (exact) mass is 279 g/mol. The topological polar surface area (TPSA) is 26.8 Å². The van der Waals surface area contributed by atoms with Crippen LogP contribution in [0.4, 0.5) is 17.1 Å². The second-order valence-electron chi connectivity index (χ2n) is 5.57. The number of anilines is 3. The smallest absolute Gasteiger partial charge is 0.251 e. The minimum absolute atomic E-state index is 0.0925. The van der Waals surface area contributed by atoms with Crippen molar-refractivity contribution in [2.45, 2.75) is 6.04 Å². The maximum atomic E-state index is 12.6. The summed E-state index contributed by atoms with van der Waals surface area (Å²) in [7, 11) is 1.86. The van der Waals surface area contributed by atoms with Crippen LogP contribution >= 0.6 is 0 Å². The van der Waals surface area contributed by atoms with Crippen LogP contribution in [0.2, 0.25) is 0 Å². The van der Waals surface area contributed by atoms with Crippen molar-refractivity contribution >= 4 is 23.0 Å². The van der Waals surface area contributed by atoms with E-state index < -0.39 is 0 Å². The molecule has 0 N–H and O–H groups in total. The highest BCUT2D eigenvalue weighted by molar-refractivity contribution is 6.06. The molecule has 1 atom stereocenters. The predicted octanol–water partition coefficient (Wildman–Crippen LogP) is 2.32. The van der Waals surface area contributed by atoms with Gasteiger partial charge in [0.25, 0.3) is 5.91 Å². The molecule has 0 unspecified atom stereocenters. The fourth-order valence-corrected chi connectivity index (χ4v) is 3.26. The minimum atomic E-state index is -0.0925. The van der Waals surface area contributed by atoms with Crippen molar-refractivity contribution in [1.29, 1.82) is 0 Å². The summed E-state index contributed by atoms with van der Waals surface area (Å²) in [4.78, 5) is 18.9. The van der Waals surface area contributed by atoms with Crippen LogP contribution in [0.15, 0.2) is 54.6 Å². The van der Waals surface area contributed by atoms with Crippen molar-refractivity contribution in [2.24, 2.45) is 0 Å². The number of hydrogen-bond acceptors (Lipinski definition) is 3. The number of rotatable bonds is 1. The molecule has 2 aromatic carbocycles. The van der Waals surface area contributed by atoms with E-state index in [2.05, 4.69) is 28.0 Å². The fraction of sp³-hybridized carbons (Fsp3) is 0.235. The molecule has 106 valence electrons. The lowest BCUT2D eigenvalue weighted by Crippen LogP contribution is -2.50. The lowest BCUT2D eigenvalue weighted by atomic mass is 10.1. The van der Waals surface area contributed by atoms with Crippen LogP contribution in [0.25, 0.3) is 0 Å². The summed E-state index contributed by atoms with van der Waals surface area (Å²) in [5.74, 6) is 0.173. The predicted molar refractivity (Wildman–Crippen MR) is 84.8 cm³/mol. The molecule has 4 rings (SSSR count). The van der Waals surface area contributed by atoms with Gasteiger partial charge in [-0.1, -0.05) is 30.3 Å². The molecule has 4 nitrogen and oxygen atoms in total. The Hall–Kier alpha value is -2.49. The molecule has 1 amide bonds. The van der Waals surface area contributed by atoms with Gasteiger partial charge in [0.2, 0.25) is 0 Å². The van der Waals surface area contributed by atoms with Gasteiger partial charge in [0.05, 0.1) is 18.0 Å². The molecule has 0 aromatic heterocycles. The van der Waals surface area contributed by atoms with Gasteiger partial charge >= 0.3 is 0 Å². The van der Waals surface area contributed by atoms with Crippen molar-refractivity contribution < 1.29 is 4.79 Å². The molecule has 21 heavy (non-hydrogen) atoms. The first-order valence-electron chi connectivity index (χ1n) is 7.19. The highest BCUT2D eigenvalue weighted by atomic mass is 16.2. The lowest BCUT2D eigenvalue weighted by molar-refractivity contribution is -0.119. The molecule has 0 spiro atoms. The lowest BCUT2D eigenvalue weighted by Gasteiger charge is -2.36. The van der Waals surface area contributed by atoms with Gasteiger partial charge in [-0.2, -0.15) is 0 Å². The molecule has 2 aromatic rings. The van der Waals surface area contributed by atoms with E-state index >= 15 is 0 Å². The molecule has 2 heterocycles. The average Bonchev–Trinajstić information content (AvgIpc) is 2.99. The van der Waals surface area contributed by atoms with E-state index in [9.17, 15) is 4.79 Å². The summed E-state index contributed by atoms with van der Waals surface area (Å²) in [5.41, 5.74) is 3.30. The standard InChI is InChI=1S/C17H17N3O/c1-18-14-9-5-6-10-15(14)20-12-19(11-16(20)17(18)21)13-7-3-2-4-8-13/h2-10,16H,11-12H2,1H3/t16-/m0/s1. The number of carbonyl (C=O) groups is 1. The largest absolute Gasteiger partial charge is 0.351 e. The SMILES string of the molecule is CN1C(=O)[C@@H]2CN(c3ccccc3)CN2c2ccccc21. The second kappa shape index (κ2) is 4.52. The van der Waals surface area contributed by atoms with Crippen LogP contribution in [-0.4, -0.2) is 32.2 Å². The number of benzene rings is 2. The van der Waals surface area contributed by atoms with Gasteiger partial charge in [-0.3, -0.25) is 4.79 Å². The first-order valence-corrected chi connectivity index (χ1v) is 7.19. The van der Waals surface area contributed by atoms with Crippen molar-refractivity contribution in [1.82, 2.24) is 0 Å². The maximum absolute atomic E-state index is 12.6. The highest BCUT2D eigenvalue weighted by Crippen LogP contribution is 2.38.